The maximum atomic E-state index is 12.8. The van der Waals surface area contributed by atoms with Gasteiger partial charge in [0.25, 0.3) is 5.91 Å². The van der Waals surface area contributed by atoms with Crippen molar-refractivity contribution >= 4 is 35.6 Å². The molecule has 1 N–H and O–H groups in total. The van der Waals surface area contributed by atoms with Crippen LogP contribution >= 0.6 is 0 Å². The molecule has 0 saturated carbocycles. The van der Waals surface area contributed by atoms with Crippen molar-refractivity contribution < 1.29 is 18.7 Å². The van der Waals surface area contributed by atoms with Crippen molar-refractivity contribution in [2.45, 2.75) is 6.92 Å². The van der Waals surface area contributed by atoms with Crippen LogP contribution in [-0.4, -0.2) is 49.1 Å². The summed E-state index contributed by atoms with van der Waals surface area (Å²) in [5.41, 5.74) is 2.00. The molecule has 0 atom stereocenters. The lowest BCUT2D eigenvalue weighted by Crippen LogP contribution is -2.30. The first kappa shape index (κ1) is 16.1. The van der Waals surface area contributed by atoms with Gasteiger partial charge in [-0.15, -0.1) is 0 Å². The van der Waals surface area contributed by atoms with E-state index in [1.807, 2.05) is 4.90 Å². The van der Waals surface area contributed by atoms with E-state index in [9.17, 15) is 9.59 Å². The normalized spacial score (nSPS) is 14.5. The fraction of sp³-hybridized carbons (Fsp3) is 0.222. The zero-order valence-corrected chi connectivity index (χ0v) is 14.3. The molecule has 0 aliphatic carbocycles. The molecule has 2 aliphatic heterocycles. The number of fused-ring (bicyclic) bond motifs is 3. The summed E-state index contributed by atoms with van der Waals surface area (Å²) >= 11 is 0. The third-order valence-electron chi connectivity index (χ3n) is 4.27. The Balaban J connectivity index is 1.63. The fourth-order valence-electron chi connectivity index (χ4n) is 3.02. The highest BCUT2D eigenvalue weighted by molar-refractivity contribution is 6.19. The fourth-order valence-corrected chi connectivity index (χ4v) is 3.02. The number of aliphatic imine (C=N–C) groups is 2. The number of anilines is 1. The SMILES string of the molecule is COC(=O)c1ccc(NC(=O)c2c(C)oc3c2C2=NCCN2C=N3)cc1. The van der Waals surface area contributed by atoms with Crippen LogP contribution in [0.25, 0.3) is 0 Å². The van der Waals surface area contributed by atoms with Gasteiger partial charge in [0.05, 0.1) is 30.3 Å². The second kappa shape index (κ2) is 6.14. The van der Waals surface area contributed by atoms with Gasteiger partial charge in [0.15, 0.2) is 0 Å². The molecule has 26 heavy (non-hydrogen) atoms. The number of hydrogen-bond acceptors (Lipinski definition) is 7. The predicted octanol–water partition coefficient (Wildman–Crippen LogP) is 2.36. The van der Waals surface area contributed by atoms with Gasteiger partial charge in [-0.3, -0.25) is 9.79 Å². The Morgan fingerprint density at radius 1 is 1.27 bits per heavy atom. The molecule has 3 heterocycles. The van der Waals surface area contributed by atoms with E-state index in [0.29, 0.717) is 46.4 Å². The van der Waals surface area contributed by atoms with E-state index >= 15 is 0 Å². The summed E-state index contributed by atoms with van der Waals surface area (Å²) in [5.74, 6) is 0.834. The lowest BCUT2D eigenvalue weighted by molar-refractivity contribution is 0.0600. The van der Waals surface area contributed by atoms with E-state index in [2.05, 4.69) is 20.0 Å². The van der Waals surface area contributed by atoms with Crippen LogP contribution in [-0.2, 0) is 4.74 Å². The van der Waals surface area contributed by atoms with Crippen LogP contribution in [0.1, 0.15) is 32.0 Å². The first-order valence-electron chi connectivity index (χ1n) is 8.07. The highest BCUT2D eigenvalue weighted by Crippen LogP contribution is 2.34. The number of nitrogens with zero attached hydrogens (tertiary/aromatic N) is 3. The second-order valence-electron chi connectivity index (χ2n) is 5.88. The number of carbonyl (C=O) groups excluding carboxylic acids is 2. The van der Waals surface area contributed by atoms with Gasteiger partial charge in [-0.25, -0.2) is 9.79 Å². The van der Waals surface area contributed by atoms with Crippen LogP contribution in [0.2, 0.25) is 0 Å². The maximum Gasteiger partial charge on any atom is 0.337 e. The molecule has 0 fully saturated rings. The Morgan fingerprint density at radius 3 is 2.77 bits per heavy atom. The Kier molecular flexibility index (Phi) is 3.80. The summed E-state index contributed by atoms with van der Waals surface area (Å²) < 4.78 is 10.3. The first-order chi connectivity index (χ1) is 12.6. The topological polar surface area (TPSA) is 96.5 Å². The van der Waals surface area contributed by atoms with Crippen molar-refractivity contribution in [1.29, 1.82) is 0 Å². The number of carbonyl (C=O) groups is 2. The van der Waals surface area contributed by atoms with Crippen LogP contribution < -0.4 is 5.32 Å². The van der Waals surface area contributed by atoms with E-state index < -0.39 is 5.97 Å². The third kappa shape index (κ3) is 2.55. The van der Waals surface area contributed by atoms with E-state index in [-0.39, 0.29) is 5.91 Å². The van der Waals surface area contributed by atoms with Gasteiger partial charge in [-0.2, -0.15) is 0 Å². The molecule has 8 nitrogen and oxygen atoms in total. The van der Waals surface area contributed by atoms with Crippen molar-refractivity contribution in [3.63, 3.8) is 0 Å². The third-order valence-corrected chi connectivity index (χ3v) is 4.27. The highest BCUT2D eigenvalue weighted by Gasteiger charge is 2.33. The number of benzene rings is 1. The van der Waals surface area contributed by atoms with Gasteiger partial charge in [0.1, 0.15) is 17.9 Å². The zero-order valence-electron chi connectivity index (χ0n) is 14.3. The number of methoxy groups -OCH3 is 1. The van der Waals surface area contributed by atoms with E-state index in [4.69, 9.17) is 4.42 Å². The summed E-state index contributed by atoms with van der Waals surface area (Å²) in [5, 5.41) is 2.82. The molecular weight excluding hydrogens is 336 g/mol. The minimum absolute atomic E-state index is 0.315. The van der Waals surface area contributed by atoms with Crippen LogP contribution in [0, 0.1) is 6.92 Å². The number of hydrogen-bond donors (Lipinski definition) is 1. The molecule has 4 rings (SSSR count). The molecule has 1 aromatic carbocycles. The highest BCUT2D eigenvalue weighted by atomic mass is 16.5. The number of nitrogens with one attached hydrogen (secondary N) is 1. The molecule has 1 aromatic heterocycles. The summed E-state index contributed by atoms with van der Waals surface area (Å²) in [6.45, 7) is 3.11. The molecule has 0 unspecified atom stereocenters. The van der Waals surface area contributed by atoms with E-state index in [1.165, 1.54) is 7.11 Å². The number of amidine groups is 1. The molecule has 8 heteroatoms. The maximum absolute atomic E-state index is 12.8. The zero-order chi connectivity index (χ0) is 18.3. The number of furan rings is 1. The molecule has 132 valence electrons. The second-order valence-corrected chi connectivity index (χ2v) is 5.88. The molecule has 0 spiro atoms. The minimum Gasteiger partial charge on any atom is -0.465 e. The smallest absolute Gasteiger partial charge is 0.337 e. The van der Waals surface area contributed by atoms with Crippen molar-refractivity contribution in [3.05, 3.63) is 46.7 Å². The number of aryl methyl sites for hydroxylation is 1. The Hall–Kier alpha value is -3.42. The lowest BCUT2D eigenvalue weighted by atomic mass is 10.1. The summed E-state index contributed by atoms with van der Waals surface area (Å²) in [6, 6.07) is 6.46. The molecule has 0 bridgehead atoms. The van der Waals surface area contributed by atoms with Crippen LogP contribution in [0.4, 0.5) is 11.6 Å². The molecule has 0 saturated heterocycles. The molecular formula is C18H16N4O4. The van der Waals surface area contributed by atoms with Gasteiger partial charge in [-0.05, 0) is 31.2 Å². The Labute approximate surface area is 149 Å². The van der Waals surface area contributed by atoms with E-state index in [1.54, 1.807) is 37.5 Å². The average molecular weight is 352 g/mol. The van der Waals surface area contributed by atoms with Crippen LogP contribution in [0.3, 0.4) is 0 Å². The first-order valence-corrected chi connectivity index (χ1v) is 8.07. The van der Waals surface area contributed by atoms with Crippen LogP contribution in [0.5, 0.6) is 0 Å². The number of amides is 1. The standard InChI is InChI=1S/C18H16N4O4/c1-10-13(14-15-19-7-8-22(15)9-20-17(14)26-10)16(23)21-12-5-3-11(4-6-12)18(24)25-2/h3-6,9H,7-8H2,1-2H3,(H,21,23). The summed E-state index contributed by atoms with van der Waals surface area (Å²) in [4.78, 5) is 35.0. The van der Waals surface area contributed by atoms with Crippen molar-refractivity contribution in [2.24, 2.45) is 9.98 Å². The van der Waals surface area contributed by atoms with Crippen molar-refractivity contribution in [1.82, 2.24) is 4.90 Å². The quantitative estimate of drug-likeness (QED) is 0.856. The summed E-state index contributed by atoms with van der Waals surface area (Å²) in [6.07, 6.45) is 1.67. The van der Waals surface area contributed by atoms with Crippen molar-refractivity contribution in [3.8, 4) is 0 Å². The van der Waals surface area contributed by atoms with Gasteiger partial charge < -0.3 is 19.4 Å². The van der Waals surface area contributed by atoms with Gasteiger partial charge in [-0.1, -0.05) is 0 Å². The number of ether oxygens (including phenoxy) is 1. The number of rotatable bonds is 3. The monoisotopic (exact) mass is 352 g/mol. The molecule has 1 amide bonds. The number of esters is 1. The lowest BCUT2D eigenvalue weighted by Gasteiger charge is -2.18. The van der Waals surface area contributed by atoms with Crippen LogP contribution in [0.15, 0.2) is 38.7 Å². The molecule has 2 aliphatic rings. The largest absolute Gasteiger partial charge is 0.465 e. The minimum atomic E-state index is -0.431. The Morgan fingerprint density at radius 2 is 2.04 bits per heavy atom. The molecule has 2 aromatic rings. The van der Waals surface area contributed by atoms with E-state index in [0.717, 1.165) is 6.54 Å². The van der Waals surface area contributed by atoms with Crippen molar-refractivity contribution in [2.75, 3.05) is 25.5 Å². The van der Waals surface area contributed by atoms with Gasteiger partial charge in [0, 0.05) is 12.2 Å². The average Bonchev–Trinajstić information content (AvgIpc) is 3.24. The van der Waals surface area contributed by atoms with Gasteiger partial charge >= 0.3 is 5.97 Å². The summed E-state index contributed by atoms with van der Waals surface area (Å²) in [7, 11) is 1.32. The Bertz CT molecular complexity index is 956. The predicted molar refractivity (Wildman–Crippen MR) is 95.4 cm³/mol. The van der Waals surface area contributed by atoms with Gasteiger partial charge in [0.2, 0.25) is 5.88 Å². The molecule has 0 radical (unpaired) electrons.